The van der Waals surface area contributed by atoms with Crippen LogP contribution in [0.15, 0.2) is 24.5 Å². The molecule has 0 aliphatic carbocycles. The number of nitrogens with one attached hydrogen (secondary N) is 1. The number of nitrogens with zero attached hydrogens (tertiary/aromatic N) is 3. The third-order valence-corrected chi connectivity index (χ3v) is 2.70. The number of aromatic nitrogens is 3. The normalized spacial score (nSPS) is 14.8. The van der Waals surface area contributed by atoms with Crippen LogP contribution in [-0.2, 0) is 0 Å². The van der Waals surface area contributed by atoms with E-state index in [2.05, 4.69) is 22.3 Å². The Labute approximate surface area is 100 Å². The van der Waals surface area contributed by atoms with Crippen molar-refractivity contribution < 1.29 is 5.11 Å². The van der Waals surface area contributed by atoms with Gasteiger partial charge in [-0.3, -0.25) is 0 Å². The van der Waals surface area contributed by atoms with E-state index in [4.69, 9.17) is 0 Å². The fraction of sp³-hybridized carbons (Fsp3) is 0.500. The molecule has 0 bridgehead atoms. The zero-order chi connectivity index (χ0) is 12.3. The van der Waals surface area contributed by atoms with Gasteiger partial charge in [-0.05, 0) is 19.4 Å². The van der Waals surface area contributed by atoms with Crippen molar-refractivity contribution in [1.82, 2.24) is 14.6 Å². The first-order valence-corrected chi connectivity index (χ1v) is 5.87. The van der Waals surface area contributed by atoms with Crippen LogP contribution >= 0.6 is 0 Å². The predicted molar refractivity (Wildman–Crippen MR) is 67.0 cm³/mol. The first kappa shape index (κ1) is 11.9. The molecule has 5 heteroatoms. The van der Waals surface area contributed by atoms with Crippen LogP contribution in [0.25, 0.3) is 5.65 Å². The zero-order valence-corrected chi connectivity index (χ0v) is 10.2. The smallest absolute Gasteiger partial charge is 0.157 e. The molecule has 2 aromatic heterocycles. The van der Waals surface area contributed by atoms with Gasteiger partial charge in [0.05, 0.1) is 11.8 Å². The van der Waals surface area contributed by atoms with Crippen LogP contribution < -0.4 is 5.32 Å². The lowest BCUT2D eigenvalue weighted by Gasteiger charge is -2.23. The summed E-state index contributed by atoms with van der Waals surface area (Å²) in [6.07, 6.45) is 5.29. The molecule has 92 valence electrons. The Morgan fingerprint density at radius 3 is 3.06 bits per heavy atom. The highest BCUT2D eigenvalue weighted by Crippen LogP contribution is 2.13. The van der Waals surface area contributed by atoms with E-state index in [1.54, 1.807) is 10.7 Å². The number of fused-ring (bicyclic) bond motifs is 1. The van der Waals surface area contributed by atoms with E-state index < -0.39 is 5.60 Å². The molecular formula is C12H18N4O. The molecule has 1 atom stereocenters. The van der Waals surface area contributed by atoms with Gasteiger partial charge in [0.15, 0.2) is 5.65 Å². The lowest BCUT2D eigenvalue weighted by molar-refractivity contribution is 0.0636. The molecule has 0 aliphatic rings. The van der Waals surface area contributed by atoms with Gasteiger partial charge in [0.1, 0.15) is 5.82 Å². The monoisotopic (exact) mass is 234 g/mol. The summed E-state index contributed by atoms with van der Waals surface area (Å²) in [5.74, 6) is 0.759. The van der Waals surface area contributed by atoms with E-state index in [1.807, 2.05) is 25.3 Å². The molecule has 0 spiro atoms. The number of anilines is 1. The van der Waals surface area contributed by atoms with Crippen molar-refractivity contribution >= 4 is 11.5 Å². The van der Waals surface area contributed by atoms with E-state index in [-0.39, 0.29) is 0 Å². The third kappa shape index (κ3) is 2.94. The SMILES string of the molecule is CCCC(C)(O)CNc1ccn2nccc2n1. The molecule has 2 aromatic rings. The summed E-state index contributed by atoms with van der Waals surface area (Å²) >= 11 is 0. The van der Waals surface area contributed by atoms with Crippen molar-refractivity contribution in [2.45, 2.75) is 32.3 Å². The zero-order valence-electron chi connectivity index (χ0n) is 10.2. The standard InChI is InChI=1S/C12H18N4O/c1-3-6-12(2,17)9-13-10-5-8-16-11(15-10)4-7-14-16/h4-5,7-8,17H,3,6,9H2,1-2H3,(H,13,15). The maximum atomic E-state index is 10.0. The molecule has 0 radical (unpaired) electrons. The summed E-state index contributed by atoms with van der Waals surface area (Å²) in [4.78, 5) is 4.38. The van der Waals surface area contributed by atoms with Crippen LogP contribution in [0.3, 0.4) is 0 Å². The van der Waals surface area contributed by atoms with E-state index >= 15 is 0 Å². The van der Waals surface area contributed by atoms with E-state index in [0.717, 1.165) is 24.3 Å². The van der Waals surface area contributed by atoms with E-state index in [1.165, 1.54) is 0 Å². The van der Waals surface area contributed by atoms with E-state index in [0.29, 0.717) is 6.54 Å². The van der Waals surface area contributed by atoms with Crippen molar-refractivity contribution in [3.05, 3.63) is 24.5 Å². The highest BCUT2D eigenvalue weighted by molar-refractivity contribution is 5.45. The van der Waals surface area contributed by atoms with Crippen molar-refractivity contribution in [2.24, 2.45) is 0 Å². The molecule has 0 aliphatic heterocycles. The highest BCUT2D eigenvalue weighted by atomic mass is 16.3. The Bertz CT molecular complexity index is 492. The third-order valence-electron chi connectivity index (χ3n) is 2.70. The molecule has 17 heavy (non-hydrogen) atoms. The Balaban J connectivity index is 2.03. The van der Waals surface area contributed by atoms with Crippen molar-refractivity contribution in [3.8, 4) is 0 Å². The molecule has 1 unspecified atom stereocenters. The van der Waals surface area contributed by atoms with Gasteiger partial charge in [0.2, 0.25) is 0 Å². The summed E-state index contributed by atoms with van der Waals surface area (Å²) in [7, 11) is 0. The Morgan fingerprint density at radius 1 is 1.47 bits per heavy atom. The molecular weight excluding hydrogens is 216 g/mol. The Hall–Kier alpha value is -1.62. The number of rotatable bonds is 5. The van der Waals surface area contributed by atoms with Crippen LogP contribution in [-0.4, -0.2) is 31.9 Å². The van der Waals surface area contributed by atoms with Gasteiger partial charge in [-0.15, -0.1) is 0 Å². The van der Waals surface area contributed by atoms with E-state index in [9.17, 15) is 5.11 Å². The van der Waals surface area contributed by atoms with Crippen LogP contribution in [0, 0.1) is 0 Å². The van der Waals surface area contributed by atoms with Gasteiger partial charge in [-0.1, -0.05) is 13.3 Å². The molecule has 0 amide bonds. The topological polar surface area (TPSA) is 62.5 Å². The maximum absolute atomic E-state index is 10.0. The van der Waals surface area contributed by atoms with Gasteiger partial charge in [-0.25, -0.2) is 9.50 Å². The van der Waals surface area contributed by atoms with Crippen LogP contribution in [0.5, 0.6) is 0 Å². The molecule has 2 rings (SSSR count). The van der Waals surface area contributed by atoms with Crippen LogP contribution in [0.4, 0.5) is 5.82 Å². The first-order chi connectivity index (χ1) is 8.11. The maximum Gasteiger partial charge on any atom is 0.157 e. The Kier molecular flexibility index (Phi) is 3.28. The highest BCUT2D eigenvalue weighted by Gasteiger charge is 2.18. The average Bonchev–Trinajstić information content (AvgIpc) is 2.73. The summed E-state index contributed by atoms with van der Waals surface area (Å²) in [5, 5.41) is 17.3. The molecule has 0 saturated carbocycles. The van der Waals surface area contributed by atoms with Crippen LogP contribution in [0.1, 0.15) is 26.7 Å². The van der Waals surface area contributed by atoms with Gasteiger partial charge in [0, 0.05) is 18.8 Å². The lowest BCUT2D eigenvalue weighted by Crippen LogP contribution is -2.33. The quantitative estimate of drug-likeness (QED) is 0.826. The average molecular weight is 234 g/mol. The Morgan fingerprint density at radius 2 is 2.29 bits per heavy atom. The minimum absolute atomic E-state index is 0.498. The molecule has 5 nitrogen and oxygen atoms in total. The largest absolute Gasteiger partial charge is 0.388 e. The lowest BCUT2D eigenvalue weighted by atomic mass is 10.0. The fourth-order valence-corrected chi connectivity index (χ4v) is 1.82. The minimum atomic E-state index is -0.692. The van der Waals surface area contributed by atoms with Crippen LogP contribution in [0.2, 0.25) is 0 Å². The number of aliphatic hydroxyl groups is 1. The van der Waals surface area contributed by atoms with Gasteiger partial charge < -0.3 is 10.4 Å². The van der Waals surface area contributed by atoms with Gasteiger partial charge >= 0.3 is 0 Å². The van der Waals surface area contributed by atoms with Crippen molar-refractivity contribution in [2.75, 3.05) is 11.9 Å². The summed E-state index contributed by atoms with van der Waals surface area (Å²) < 4.78 is 1.70. The second kappa shape index (κ2) is 4.71. The van der Waals surface area contributed by atoms with Gasteiger partial charge in [-0.2, -0.15) is 5.10 Å². The summed E-state index contributed by atoms with van der Waals surface area (Å²) in [6.45, 7) is 4.39. The number of hydrogen-bond donors (Lipinski definition) is 2. The second-order valence-electron chi connectivity index (χ2n) is 4.55. The minimum Gasteiger partial charge on any atom is -0.388 e. The van der Waals surface area contributed by atoms with Crippen molar-refractivity contribution in [1.29, 1.82) is 0 Å². The second-order valence-corrected chi connectivity index (χ2v) is 4.55. The molecule has 2 heterocycles. The number of hydrogen-bond acceptors (Lipinski definition) is 4. The molecule has 0 aromatic carbocycles. The first-order valence-electron chi connectivity index (χ1n) is 5.87. The van der Waals surface area contributed by atoms with Crippen molar-refractivity contribution in [3.63, 3.8) is 0 Å². The van der Waals surface area contributed by atoms with Gasteiger partial charge in [0.25, 0.3) is 0 Å². The molecule has 2 N–H and O–H groups in total. The predicted octanol–water partition coefficient (Wildman–Crippen LogP) is 1.69. The molecule has 0 saturated heterocycles. The molecule has 0 fully saturated rings. The summed E-state index contributed by atoms with van der Waals surface area (Å²) in [5.41, 5.74) is 0.105. The summed E-state index contributed by atoms with van der Waals surface area (Å²) in [6, 6.07) is 3.69. The fourth-order valence-electron chi connectivity index (χ4n) is 1.82.